The van der Waals surface area contributed by atoms with Gasteiger partial charge in [-0.3, -0.25) is 5.84 Å². The Morgan fingerprint density at radius 3 is 1.88 bits per heavy atom. The predicted octanol–water partition coefficient (Wildman–Crippen LogP) is 1.01. The molecule has 0 spiro atoms. The molecule has 2 heteroatoms. The molecule has 0 aliphatic heterocycles. The zero-order valence-electron chi connectivity index (χ0n) is 5.78. The van der Waals surface area contributed by atoms with E-state index < -0.39 is 0 Å². The van der Waals surface area contributed by atoms with Crippen LogP contribution in [0.3, 0.4) is 0 Å². The summed E-state index contributed by atoms with van der Waals surface area (Å²) in [5, 5.41) is 0. The lowest BCUT2D eigenvalue weighted by Gasteiger charge is -2.20. The van der Waals surface area contributed by atoms with Crippen LogP contribution >= 0.6 is 0 Å². The van der Waals surface area contributed by atoms with Crippen LogP contribution < -0.4 is 11.3 Å². The summed E-state index contributed by atoms with van der Waals surface area (Å²) >= 11 is 0. The molecule has 0 fully saturated rings. The molecule has 0 aliphatic carbocycles. The van der Waals surface area contributed by atoms with E-state index >= 15 is 0 Å². The first-order chi connectivity index (χ1) is 3.48. The molecule has 0 amide bonds. The molecule has 0 aromatic carbocycles. The van der Waals surface area contributed by atoms with Crippen LogP contribution in [-0.4, -0.2) is 0 Å². The fraction of sp³-hybridized carbons (Fsp3) is 0.667. The van der Waals surface area contributed by atoms with Gasteiger partial charge in [-0.2, -0.15) is 0 Å². The second kappa shape index (κ2) is 2.18. The van der Waals surface area contributed by atoms with Gasteiger partial charge in [-0.25, -0.2) is 0 Å². The smallest absolute Gasteiger partial charge is 0.0241 e. The van der Waals surface area contributed by atoms with Gasteiger partial charge in [-0.05, 0) is 0 Å². The van der Waals surface area contributed by atoms with Gasteiger partial charge in [-0.15, -0.1) is 0 Å². The van der Waals surface area contributed by atoms with Crippen LogP contribution in [0.1, 0.15) is 20.8 Å². The van der Waals surface area contributed by atoms with Crippen molar-refractivity contribution in [3.05, 3.63) is 12.3 Å². The molecule has 0 aliphatic rings. The number of nitrogens with two attached hydrogens (primary N) is 1. The number of allylic oxidation sites excluding steroid dienone is 1. The molecule has 0 bridgehead atoms. The Kier molecular flexibility index (Phi) is 2.04. The van der Waals surface area contributed by atoms with E-state index in [1.807, 2.05) is 0 Å². The van der Waals surface area contributed by atoms with Gasteiger partial charge < -0.3 is 5.43 Å². The zero-order valence-corrected chi connectivity index (χ0v) is 5.78. The van der Waals surface area contributed by atoms with E-state index in [4.69, 9.17) is 5.84 Å². The van der Waals surface area contributed by atoms with Crippen LogP contribution in [0.5, 0.6) is 0 Å². The van der Waals surface area contributed by atoms with Crippen molar-refractivity contribution in [1.29, 1.82) is 0 Å². The minimum atomic E-state index is 0.0781. The van der Waals surface area contributed by atoms with Crippen molar-refractivity contribution in [3.63, 3.8) is 0 Å². The molecule has 0 aromatic rings. The summed E-state index contributed by atoms with van der Waals surface area (Å²) in [6, 6.07) is 0. The highest BCUT2D eigenvalue weighted by Crippen LogP contribution is 2.19. The third kappa shape index (κ3) is 1.98. The Balaban J connectivity index is 3.82. The Bertz CT molecular complexity index is 89.2. The highest BCUT2D eigenvalue weighted by molar-refractivity contribution is 5.00. The standard InChI is InChI=1S/C6H14N2/c1-5(8-7)6(2,3)4/h8H,1,7H2,2-4H3. The van der Waals surface area contributed by atoms with Crippen molar-refractivity contribution < 1.29 is 0 Å². The molecule has 0 saturated heterocycles. The lowest BCUT2D eigenvalue weighted by Crippen LogP contribution is -2.28. The number of hydrazine groups is 1. The van der Waals surface area contributed by atoms with Crippen molar-refractivity contribution >= 4 is 0 Å². The average molecular weight is 114 g/mol. The van der Waals surface area contributed by atoms with Crippen molar-refractivity contribution in [2.75, 3.05) is 0 Å². The van der Waals surface area contributed by atoms with E-state index in [-0.39, 0.29) is 5.41 Å². The van der Waals surface area contributed by atoms with Crippen LogP contribution in [0.4, 0.5) is 0 Å². The molecule has 8 heavy (non-hydrogen) atoms. The molecular formula is C6H14N2. The largest absolute Gasteiger partial charge is 0.328 e. The Morgan fingerprint density at radius 2 is 1.88 bits per heavy atom. The molecule has 0 aromatic heterocycles. The highest BCUT2D eigenvalue weighted by atomic mass is 15.2. The van der Waals surface area contributed by atoms with Crippen molar-refractivity contribution in [2.45, 2.75) is 20.8 Å². The monoisotopic (exact) mass is 114 g/mol. The molecule has 48 valence electrons. The Labute approximate surface area is 50.7 Å². The maximum atomic E-state index is 5.11. The third-order valence-electron chi connectivity index (χ3n) is 1.08. The second-order valence-electron chi connectivity index (χ2n) is 2.87. The van der Waals surface area contributed by atoms with Gasteiger partial charge in [0.1, 0.15) is 0 Å². The molecule has 0 rings (SSSR count). The predicted molar refractivity (Wildman–Crippen MR) is 35.9 cm³/mol. The number of rotatable bonds is 1. The summed E-state index contributed by atoms with van der Waals surface area (Å²) in [5.74, 6) is 5.11. The maximum Gasteiger partial charge on any atom is 0.0241 e. The average Bonchev–Trinajstić information content (AvgIpc) is 1.62. The lowest BCUT2D eigenvalue weighted by molar-refractivity contribution is 0.466. The van der Waals surface area contributed by atoms with Crippen LogP contribution in [0.25, 0.3) is 0 Å². The zero-order chi connectivity index (χ0) is 6.78. The first kappa shape index (κ1) is 7.50. The molecule has 0 saturated carbocycles. The maximum absolute atomic E-state index is 5.11. The van der Waals surface area contributed by atoms with Crippen LogP contribution in [-0.2, 0) is 0 Å². The molecular weight excluding hydrogens is 100 g/mol. The summed E-state index contributed by atoms with van der Waals surface area (Å²) in [6.45, 7) is 9.86. The van der Waals surface area contributed by atoms with Crippen LogP contribution in [0.2, 0.25) is 0 Å². The van der Waals surface area contributed by atoms with Crippen molar-refractivity contribution in [3.8, 4) is 0 Å². The minimum absolute atomic E-state index is 0.0781. The molecule has 2 nitrogen and oxygen atoms in total. The van der Waals surface area contributed by atoms with Gasteiger partial charge in [0.2, 0.25) is 0 Å². The molecule has 0 radical (unpaired) electrons. The molecule has 0 atom stereocenters. The first-order valence-electron chi connectivity index (χ1n) is 2.64. The van der Waals surface area contributed by atoms with Gasteiger partial charge in [0, 0.05) is 11.1 Å². The number of nitrogens with one attached hydrogen (secondary N) is 1. The van der Waals surface area contributed by atoms with E-state index in [1.165, 1.54) is 0 Å². The topological polar surface area (TPSA) is 38.0 Å². The summed E-state index contributed by atoms with van der Waals surface area (Å²) in [6.07, 6.45) is 0. The van der Waals surface area contributed by atoms with E-state index in [1.54, 1.807) is 0 Å². The number of hydrogen-bond acceptors (Lipinski definition) is 2. The minimum Gasteiger partial charge on any atom is -0.328 e. The van der Waals surface area contributed by atoms with Crippen molar-refractivity contribution in [2.24, 2.45) is 11.3 Å². The van der Waals surface area contributed by atoms with Gasteiger partial charge in [-0.1, -0.05) is 27.4 Å². The molecule has 0 unspecified atom stereocenters. The van der Waals surface area contributed by atoms with Gasteiger partial charge >= 0.3 is 0 Å². The van der Waals surface area contributed by atoms with E-state index in [0.717, 1.165) is 5.70 Å². The van der Waals surface area contributed by atoms with Crippen LogP contribution in [0, 0.1) is 5.41 Å². The number of hydrogen-bond donors (Lipinski definition) is 2. The Morgan fingerprint density at radius 1 is 1.50 bits per heavy atom. The lowest BCUT2D eigenvalue weighted by atomic mass is 9.93. The van der Waals surface area contributed by atoms with Crippen LogP contribution in [0.15, 0.2) is 12.3 Å². The normalized spacial score (nSPS) is 11.0. The molecule has 0 heterocycles. The summed E-state index contributed by atoms with van der Waals surface area (Å²) < 4.78 is 0. The fourth-order valence-electron chi connectivity index (χ4n) is 0.217. The van der Waals surface area contributed by atoms with E-state index in [0.29, 0.717) is 0 Å². The van der Waals surface area contributed by atoms with Gasteiger partial charge in [0.05, 0.1) is 0 Å². The first-order valence-corrected chi connectivity index (χ1v) is 2.64. The molecule has 3 N–H and O–H groups in total. The summed E-state index contributed by atoms with van der Waals surface area (Å²) in [7, 11) is 0. The fourth-order valence-corrected chi connectivity index (χ4v) is 0.217. The summed E-state index contributed by atoms with van der Waals surface area (Å²) in [4.78, 5) is 0. The summed E-state index contributed by atoms with van der Waals surface area (Å²) in [5.41, 5.74) is 3.45. The van der Waals surface area contributed by atoms with Gasteiger partial charge in [0.15, 0.2) is 0 Å². The quantitative estimate of drug-likeness (QED) is 0.394. The van der Waals surface area contributed by atoms with E-state index in [9.17, 15) is 0 Å². The highest BCUT2D eigenvalue weighted by Gasteiger charge is 2.12. The third-order valence-corrected chi connectivity index (χ3v) is 1.08. The Hall–Kier alpha value is -0.500. The van der Waals surface area contributed by atoms with E-state index in [2.05, 4.69) is 32.8 Å². The van der Waals surface area contributed by atoms with Gasteiger partial charge in [0.25, 0.3) is 0 Å². The SMILES string of the molecule is C=C(NN)C(C)(C)C. The second-order valence-corrected chi connectivity index (χ2v) is 2.87. The van der Waals surface area contributed by atoms with Crippen molar-refractivity contribution in [1.82, 2.24) is 5.43 Å².